The van der Waals surface area contributed by atoms with E-state index in [2.05, 4.69) is 21.3 Å². The molecule has 45 heavy (non-hydrogen) atoms. The molecule has 1 heterocycles. The number of aliphatic hydroxyl groups excluding tert-OH is 1. The lowest BCUT2D eigenvalue weighted by Gasteiger charge is -2.31. The van der Waals surface area contributed by atoms with Crippen molar-refractivity contribution in [2.45, 2.75) is 89.2 Å². The summed E-state index contributed by atoms with van der Waals surface area (Å²) in [6.45, 7) is 4.37. The number of hydrogen-bond acceptors (Lipinski definition) is 10. The molecule has 1 rings (SSSR count). The zero-order valence-corrected chi connectivity index (χ0v) is 25.5. The first-order valence-corrected chi connectivity index (χ1v) is 14.4. The molecule has 1 saturated heterocycles. The van der Waals surface area contributed by atoms with Crippen LogP contribution in [0, 0.1) is 11.3 Å². The molecular formula is C26H45N9O10. The van der Waals surface area contributed by atoms with Crippen LogP contribution < -0.4 is 38.1 Å². The summed E-state index contributed by atoms with van der Waals surface area (Å²) in [5, 5.41) is 47.5. The first-order valence-electron chi connectivity index (χ1n) is 14.4. The maximum Gasteiger partial charge on any atom is 0.328 e. The fourth-order valence-corrected chi connectivity index (χ4v) is 4.61. The Morgan fingerprint density at radius 1 is 0.933 bits per heavy atom. The van der Waals surface area contributed by atoms with Gasteiger partial charge in [-0.3, -0.25) is 34.2 Å². The molecule has 0 aromatic heterocycles. The Kier molecular flexibility index (Phi) is 15.7. The fourth-order valence-electron chi connectivity index (χ4n) is 4.61. The molecule has 0 saturated carbocycles. The second-order valence-corrected chi connectivity index (χ2v) is 11.0. The highest BCUT2D eigenvalue weighted by Crippen LogP contribution is 2.20. The molecule has 5 amide bonds. The van der Waals surface area contributed by atoms with Crippen LogP contribution in [0.25, 0.3) is 0 Å². The van der Waals surface area contributed by atoms with Crippen LogP contribution in [-0.2, 0) is 33.6 Å². The summed E-state index contributed by atoms with van der Waals surface area (Å²) in [6.07, 6.45) is -1.65. The van der Waals surface area contributed by atoms with Crippen molar-refractivity contribution < 1.29 is 48.9 Å². The number of carbonyl (C=O) groups is 7. The Hall–Kier alpha value is -4.52. The molecule has 0 aromatic rings. The summed E-state index contributed by atoms with van der Waals surface area (Å²) in [4.78, 5) is 88.9. The molecule has 19 nitrogen and oxygen atoms in total. The maximum absolute atomic E-state index is 13.8. The second-order valence-electron chi connectivity index (χ2n) is 11.0. The van der Waals surface area contributed by atoms with E-state index in [-0.39, 0.29) is 50.8 Å². The van der Waals surface area contributed by atoms with Crippen molar-refractivity contribution >= 4 is 47.4 Å². The normalized spacial score (nSPS) is 17.6. The van der Waals surface area contributed by atoms with Gasteiger partial charge in [0.25, 0.3) is 0 Å². The van der Waals surface area contributed by atoms with E-state index in [0.717, 1.165) is 6.92 Å². The number of nitrogens with two attached hydrogens (primary N) is 2. The first-order chi connectivity index (χ1) is 21.0. The average molecular weight is 644 g/mol. The van der Waals surface area contributed by atoms with Crippen LogP contribution in [0.2, 0.25) is 0 Å². The summed E-state index contributed by atoms with van der Waals surface area (Å²) in [5.41, 5.74) is 10.7. The monoisotopic (exact) mass is 643 g/mol. The standard InChI is InChI=1S/C26H45N9O10/c1-12(2)19(33-17(37)11-27)23(42)31-14(6-4-8-30-26(28)29)24(43)35-9-5-7-16(35)22(41)32-15(10-18(38)39)21(40)34-20(13(3)36)25(44)45/h12-16,19-20,36H,4-11,27H2,1-3H3,(H,31,42)(H,32,41)(H,33,37)(H,34,40)(H,38,39)(H,44,45)(H4,28,29,30)/t13-,14+,15+,16+,19+,20+/m1/s1. The molecular weight excluding hydrogens is 598 g/mol. The van der Waals surface area contributed by atoms with Gasteiger partial charge in [0.15, 0.2) is 12.0 Å². The molecule has 254 valence electrons. The Morgan fingerprint density at radius 2 is 1.58 bits per heavy atom. The number of carboxylic acid groups (broad SMARTS) is 2. The number of guanidine groups is 1. The summed E-state index contributed by atoms with van der Waals surface area (Å²) >= 11 is 0. The minimum absolute atomic E-state index is 0.0469. The van der Waals surface area contributed by atoms with Crippen LogP contribution in [-0.4, -0.2) is 124 Å². The highest BCUT2D eigenvalue weighted by atomic mass is 16.4. The largest absolute Gasteiger partial charge is 0.481 e. The van der Waals surface area contributed by atoms with E-state index in [1.54, 1.807) is 13.8 Å². The van der Waals surface area contributed by atoms with E-state index in [1.807, 2.05) is 5.32 Å². The molecule has 1 aliphatic heterocycles. The number of carbonyl (C=O) groups excluding carboxylic acids is 5. The molecule has 1 aliphatic rings. The van der Waals surface area contributed by atoms with Crippen molar-refractivity contribution in [3.8, 4) is 0 Å². The fraction of sp³-hybridized carbons (Fsp3) is 0.692. The zero-order valence-electron chi connectivity index (χ0n) is 25.5. The summed E-state index contributed by atoms with van der Waals surface area (Å²) < 4.78 is 0. The molecule has 19 heteroatoms. The number of rotatable bonds is 18. The molecule has 6 atom stereocenters. The SMILES string of the molecule is CC(C)[C@H](NC(=O)CN)C(=O)N[C@@H](CCCNC(=N)N)C(=O)N1CCC[C@H]1C(=O)N[C@@H](CC(=O)O)C(=O)N[C@H](C(=O)O)[C@@H](C)O. The summed E-state index contributed by atoms with van der Waals surface area (Å²) in [7, 11) is 0. The zero-order chi connectivity index (χ0) is 34.4. The van der Waals surface area contributed by atoms with Gasteiger partial charge < -0.3 is 58.3 Å². The van der Waals surface area contributed by atoms with Gasteiger partial charge in [0.05, 0.1) is 19.1 Å². The molecule has 0 radical (unpaired) electrons. The number of nitrogens with one attached hydrogen (secondary N) is 6. The van der Waals surface area contributed by atoms with Gasteiger partial charge in [-0.25, -0.2) is 4.79 Å². The van der Waals surface area contributed by atoms with E-state index in [9.17, 15) is 48.9 Å². The lowest BCUT2D eigenvalue weighted by Crippen LogP contribution is -2.60. The van der Waals surface area contributed by atoms with Crippen LogP contribution >= 0.6 is 0 Å². The lowest BCUT2D eigenvalue weighted by atomic mass is 10.0. The second kappa shape index (κ2) is 18.3. The number of carboxylic acids is 2. The number of aliphatic hydroxyl groups is 1. The number of likely N-dealkylation sites (tertiary alicyclic amines) is 1. The van der Waals surface area contributed by atoms with E-state index in [0.29, 0.717) is 6.42 Å². The summed E-state index contributed by atoms with van der Waals surface area (Å²) in [5.74, 6) is -7.72. The molecule has 13 N–H and O–H groups in total. The van der Waals surface area contributed by atoms with Gasteiger partial charge in [-0.15, -0.1) is 0 Å². The smallest absolute Gasteiger partial charge is 0.328 e. The first kappa shape index (κ1) is 38.5. The van der Waals surface area contributed by atoms with Crippen LogP contribution in [0.5, 0.6) is 0 Å². The van der Waals surface area contributed by atoms with E-state index >= 15 is 0 Å². The predicted molar refractivity (Wildman–Crippen MR) is 157 cm³/mol. The van der Waals surface area contributed by atoms with Gasteiger partial charge >= 0.3 is 11.9 Å². The lowest BCUT2D eigenvalue weighted by molar-refractivity contribution is -0.146. The number of aliphatic carboxylic acids is 2. The van der Waals surface area contributed by atoms with Crippen molar-refractivity contribution in [2.75, 3.05) is 19.6 Å². The van der Waals surface area contributed by atoms with Gasteiger partial charge in [-0.1, -0.05) is 13.8 Å². The van der Waals surface area contributed by atoms with Crippen molar-refractivity contribution in [1.82, 2.24) is 31.5 Å². The highest BCUT2D eigenvalue weighted by Gasteiger charge is 2.40. The van der Waals surface area contributed by atoms with Gasteiger partial charge in [-0.2, -0.15) is 0 Å². The maximum atomic E-state index is 13.8. The Bertz CT molecular complexity index is 1120. The number of hydrogen-bond donors (Lipinski definition) is 11. The van der Waals surface area contributed by atoms with Crippen LogP contribution in [0.3, 0.4) is 0 Å². The molecule has 1 fully saturated rings. The van der Waals surface area contributed by atoms with Crippen molar-refractivity contribution in [3.05, 3.63) is 0 Å². The van der Waals surface area contributed by atoms with Crippen LogP contribution in [0.4, 0.5) is 0 Å². The predicted octanol–water partition coefficient (Wildman–Crippen LogP) is -4.27. The molecule has 0 bridgehead atoms. The minimum atomic E-state index is -1.78. The quantitative estimate of drug-likeness (QED) is 0.0383. The Morgan fingerprint density at radius 3 is 2.09 bits per heavy atom. The van der Waals surface area contributed by atoms with E-state index in [4.69, 9.17) is 16.9 Å². The average Bonchev–Trinajstić information content (AvgIpc) is 3.44. The van der Waals surface area contributed by atoms with Crippen molar-refractivity contribution in [3.63, 3.8) is 0 Å². The number of amides is 5. The van der Waals surface area contributed by atoms with Gasteiger partial charge in [0.2, 0.25) is 29.5 Å². The number of nitrogens with zero attached hydrogens (tertiary/aromatic N) is 1. The third kappa shape index (κ3) is 12.5. The van der Waals surface area contributed by atoms with Crippen molar-refractivity contribution in [2.24, 2.45) is 17.4 Å². The minimum Gasteiger partial charge on any atom is -0.481 e. The van der Waals surface area contributed by atoms with E-state index < -0.39 is 84.2 Å². The molecule has 0 unspecified atom stereocenters. The summed E-state index contributed by atoms with van der Waals surface area (Å²) in [6, 6.07) is -6.89. The molecule has 0 aromatic carbocycles. The molecule has 0 spiro atoms. The van der Waals surface area contributed by atoms with E-state index in [1.165, 1.54) is 4.90 Å². The van der Waals surface area contributed by atoms with Gasteiger partial charge in [0.1, 0.15) is 24.2 Å². The van der Waals surface area contributed by atoms with Crippen LogP contribution in [0.15, 0.2) is 0 Å². The van der Waals surface area contributed by atoms with Gasteiger partial charge in [0, 0.05) is 13.1 Å². The molecule has 0 aliphatic carbocycles. The van der Waals surface area contributed by atoms with Crippen LogP contribution in [0.1, 0.15) is 52.9 Å². The Labute approximate surface area is 259 Å². The third-order valence-electron chi connectivity index (χ3n) is 6.95. The highest BCUT2D eigenvalue weighted by molar-refractivity contribution is 5.97. The third-order valence-corrected chi connectivity index (χ3v) is 6.95. The van der Waals surface area contributed by atoms with Crippen molar-refractivity contribution in [1.29, 1.82) is 5.41 Å². The Balaban J connectivity index is 3.20. The van der Waals surface area contributed by atoms with Gasteiger partial charge in [-0.05, 0) is 38.5 Å². The topological polar surface area (TPSA) is 319 Å².